The predicted molar refractivity (Wildman–Crippen MR) is 184 cm³/mol. The molecule has 0 saturated heterocycles. The summed E-state index contributed by atoms with van der Waals surface area (Å²) in [6.45, 7) is 3.13. The van der Waals surface area contributed by atoms with Crippen LogP contribution in [0.2, 0.25) is 0 Å². The minimum atomic E-state index is -3.79. The number of sulfonamides is 2. The first kappa shape index (κ1) is 35.4. The van der Waals surface area contributed by atoms with E-state index in [1.807, 2.05) is 0 Å². The first-order chi connectivity index (χ1) is 21.3. The van der Waals surface area contributed by atoms with Crippen molar-refractivity contribution in [2.45, 2.75) is 113 Å². The van der Waals surface area contributed by atoms with E-state index in [9.17, 15) is 16.8 Å². The summed E-state index contributed by atoms with van der Waals surface area (Å²) in [6.07, 6.45) is 20.1. The third-order valence-electron chi connectivity index (χ3n) is 7.72. The highest BCUT2D eigenvalue weighted by Gasteiger charge is 2.16. The summed E-state index contributed by atoms with van der Waals surface area (Å²) in [5.74, 6) is 0. The Morgan fingerprint density at radius 3 is 1.23 bits per heavy atom. The molecular formula is C35H51N3O4S2. The molecule has 242 valence electrons. The Bertz CT molecular complexity index is 1410. The van der Waals surface area contributed by atoms with Crippen LogP contribution in [0.3, 0.4) is 0 Å². The average Bonchev–Trinajstić information content (AvgIpc) is 3.02. The molecule has 7 nitrogen and oxygen atoms in total. The lowest BCUT2D eigenvalue weighted by Crippen LogP contribution is -2.14. The van der Waals surface area contributed by atoms with E-state index in [0.717, 1.165) is 18.7 Å². The van der Waals surface area contributed by atoms with Gasteiger partial charge in [-0.1, -0.05) is 115 Å². The van der Waals surface area contributed by atoms with Crippen LogP contribution >= 0.6 is 0 Å². The molecule has 0 aromatic heterocycles. The number of nitrogens with one attached hydrogen (secondary N) is 3. The molecule has 0 amide bonds. The van der Waals surface area contributed by atoms with Gasteiger partial charge in [0.05, 0.1) is 9.79 Å². The van der Waals surface area contributed by atoms with Gasteiger partial charge < -0.3 is 5.32 Å². The fraction of sp³-hybridized carbons (Fsp3) is 0.486. The lowest BCUT2D eigenvalue weighted by molar-refractivity contribution is 0.533. The quantitative estimate of drug-likeness (QED) is 0.0895. The van der Waals surface area contributed by atoms with Crippen LogP contribution in [-0.2, 0) is 20.0 Å². The summed E-state index contributed by atoms with van der Waals surface area (Å²) in [5.41, 5.74) is 1.56. The maximum atomic E-state index is 12.9. The van der Waals surface area contributed by atoms with Gasteiger partial charge in [-0.25, -0.2) is 16.8 Å². The Labute approximate surface area is 266 Å². The van der Waals surface area contributed by atoms with E-state index in [0.29, 0.717) is 11.4 Å². The molecule has 0 aliphatic rings. The molecule has 3 N–H and O–H groups in total. The first-order valence-corrected chi connectivity index (χ1v) is 19.3. The molecule has 9 heteroatoms. The molecule has 0 bridgehead atoms. The number of hydrogen-bond acceptors (Lipinski definition) is 5. The SMILES string of the molecule is CCCCCCCCCCCCCCCCCNc1ccc(S(=O)(=O)Nc2ccc(NS(=O)(=O)c3ccccc3)cc2)cc1. The van der Waals surface area contributed by atoms with Gasteiger partial charge in [-0.3, -0.25) is 9.44 Å². The van der Waals surface area contributed by atoms with Crippen molar-refractivity contribution in [2.24, 2.45) is 0 Å². The Morgan fingerprint density at radius 2 is 0.795 bits per heavy atom. The minimum Gasteiger partial charge on any atom is -0.385 e. The highest BCUT2D eigenvalue weighted by Crippen LogP contribution is 2.22. The number of unbranched alkanes of at least 4 members (excludes halogenated alkanes) is 14. The maximum absolute atomic E-state index is 12.9. The van der Waals surface area contributed by atoms with Crippen molar-refractivity contribution in [3.63, 3.8) is 0 Å². The minimum absolute atomic E-state index is 0.150. The molecule has 0 aliphatic heterocycles. The summed E-state index contributed by atoms with van der Waals surface area (Å²) in [5, 5.41) is 3.38. The zero-order valence-corrected chi connectivity index (χ0v) is 27.9. The van der Waals surface area contributed by atoms with Gasteiger partial charge in [0, 0.05) is 23.6 Å². The first-order valence-electron chi connectivity index (χ1n) is 16.3. The van der Waals surface area contributed by atoms with Crippen LogP contribution in [0.5, 0.6) is 0 Å². The lowest BCUT2D eigenvalue weighted by Gasteiger charge is -2.11. The number of rotatable bonds is 23. The summed E-state index contributed by atoms with van der Waals surface area (Å²) >= 11 is 0. The fourth-order valence-electron chi connectivity index (χ4n) is 5.12. The van der Waals surface area contributed by atoms with Gasteiger partial charge in [0.25, 0.3) is 20.0 Å². The second-order valence-electron chi connectivity index (χ2n) is 11.5. The molecule has 0 spiro atoms. The van der Waals surface area contributed by atoms with Crippen LogP contribution in [0.15, 0.2) is 88.7 Å². The van der Waals surface area contributed by atoms with Crippen molar-refractivity contribution in [3.8, 4) is 0 Å². The van der Waals surface area contributed by atoms with E-state index in [1.165, 1.54) is 126 Å². The van der Waals surface area contributed by atoms with E-state index < -0.39 is 20.0 Å². The van der Waals surface area contributed by atoms with Gasteiger partial charge in [-0.15, -0.1) is 0 Å². The largest absolute Gasteiger partial charge is 0.385 e. The van der Waals surface area contributed by atoms with Crippen LogP contribution in [0.4, 0.5) is 17.1 Å². The molecule has 0 unspecified atom stereocenters. The second-order valence-corrected chi connectivity index (χ2v) is 14.9. The van der Waals surface area contributed by atoms with Crippen molar-refractivity contribution >= 4 is 37.1 Å². The Morgan fingerprint density at radius 1 is 0.432 bits per heavy atom. The van der Waals surface area contributed by atoms with Crippen molar-refractivity contribution in [1.82, 2.24) is 0 Å². The maximum Gasteiger partial charge on any atom is 0.261 e. The molecule has 0 heterocycles. The van der Waals surface area contributed by atoms with Crippen molar-refractivity contribution < 1.29 is 16.8 Å². The zero-order chi connectivity index (χ0) is 31.5. The highest BCUT2D eigenvalue weighted by atomic mass is 32.2. The zero-order valence-electron chi connectivity index (χ0n) is 26.3. The fourth-order valence-corrected chi connectivity index (χ4v) is 7.25. The van der Waals surface area contributed by atoms with E-state index in [2.05, 4.69) is 21.7 Å². The molecule has 0 aliphatic carbocycles. The summed E-state index contributed by atoms with van der Waals surface area (Å²) < 4.78 is 55.8. The van der Waals surface area contributed by atoms with Gasteiger partial charge in [-0.05, 0) is 67.1 Å². The smallest absolute Gasteiger partial charge is 0.261 e. The molecular weight excluding hydrogens is 591 g/mol. The van der Waals surface area contributed by atoms with E-state index in [4.69, 9.17) is 0 Å². The number of benzene rings is 3. The van der Waals surface area contributed by atoms with Crippen molar-refractivity contribution in [3.05, 3.63) is 78.9 Å². The normalized spacial score (nSPS) is 11.8. The molecule has 3 rings (SSSR count). The average molecular weight is 642 g/mol. The topological polar surface area (TPSA) is 104 Å². The molecule has 3 aromatic carbocycles. The van der Waals surface area contributed by atoms with Gasteiger partial charge in [-0.2, -0.15) is 0 Å². The molecule has 44 heavy (non-hydrogen) atoms. The molecule has 0 radical (unpaired) electrons. The summed E-state index contributed by atoms with van der Waals surface area (Å²) in [6, 6.07) is 20.9. The van der Waals surface area contributed by atoms with Crippen LogP contribution < -0.4 is 14.8 Å². The van der Waals surface area contributed by atoms with E-state index in [-0.39, 0.29) is 9.79 Å². The third-order valence-corrected chi connectivity index (χ3v) is 10.5. The predicted octanol–water partition coefficient (Wildman–Crippen LogP) is 9.57. The molecule has 0 atom stereocenters. The highest BCUT2D eigenvalue weighted by molar-refractivity contribution is 7.93. The van der Waals surface area contributed by atoms with Crippen LogP contribution in [-0.4, -0.2) is 23.4 Å². The van der Waals surface area contributed by atoms with Gasteiger partial charge >= 0.3 is 0 Å². The van der Waals surface area contributed by atoms with Crippen LogP contribution in [0, 0.1) is 0 Å². The van der Waals surface area contributed by atoms with E-state index in [1.54, 1.807) is 42.5 Å². The van der Waals surface area contributed by atoms with Crippen LogP contribution in [0.1, 0.15) is 103 Å². The van der Waals surface area contributed by atoms with Crippen molar-refractivity contribution in [2.75, 3.05) is 21.3 Å². The lowest BCUT2D eigenvalue weighted by atomic mass is 10.0. The standard InChI is InChI=1S/C35H51N3O4S2/c1-2-3-4-5-6-7-8-9-10-11-12-13-14-15-19-30-36-31-26-28-35(29-27-31)44(41,42)38-33-24-22-32(23-25-33)37-43(39,40)34-20-17-16-18-21-34/h16-18,20-29,36-38H,2-15,19,30H2,1H3. The van der Waals surface area contributed by atoms with Crippen LogP contribution in [0.25, 0.3) is 0 Å². The number of anilines is 3. The molecule has 0 fully saturated rings. The van der Waals surface area contributed by atoms with Gasteiger partial charge in [0.1, 0.15) is 0 Å². The van der Waals surface area contributed by atoms with E-state index >= 15 is 0 Å². The summed E-state index contributed by atoms with van der Waals surface area (Å²) in [7, 11) is -7.51. The Hall–Kier alpha value is -3.04. The second kappa shape index (κ2) is 19.4. The molecule has 0 saturated carbocycles. The Balaban J connectivity index is 1.28. The summed E-state index contributed by atoms with van der Waals surface area (Å²) in [4.78, 5) is 0.307. The number of hydrogen-bond donors (Lipinski definition) is 3. The Kier molecular flexibility index (Phi) is 15.6. The third kappa shape index (κ3) is 13.3. The molecule has 3 aromatic rings. The monoisotopic (exact) mass is 641 g/mol. The van der Waals surface area contributed by atoms with Gasteiger partial charge in [0.15, 0.2) is 0 Å². The van der Waals surface area contributed by atoms with Gasteiger partial charge in [0.2, 0.25) is 0 Å². The van der Waals surface area contributed by atoms with Crippen molar-refractivity contribution in [1.29, 1.82) is 0 Å².